The first-order valence-electron chi connectivity index (χ1n) is 6.18. The van der Waals surface area contributed by atoms with Crippen LogP contribution in [0.1, 0.15) is 27.7 Å². The lowest BCUT2D eigenvalue weighted by Gasteiger charge is -1.90. The smallest absolute Gasteiger partial charge is 0.330 e. The molecule has 0 aromatic heterocycles. The molecule has 0 fully saturated rings. The lowest BCUT2D eigenvalue weighted by atomic mass is 10.4. The van der Waals surface area contributed by atoms with E-state index >= 15 is 0 Å². The fourth-order valence-electron chi connectivity index (χ4n) is 0. The Bertz CT molecular complexity index is 265. The maximum absolute atomic E-state index is 9.60. The van der Waals surface area contributed by atoms with Gasteiger partial charge in [0.2, 0.25) is 0 Å². The number of aliphatic hydroxyl groups excluding tert-OH is 4. The quantitative estimate of drug-likeness (QED) is 0.395. The monoisotopic (exact) mass is 324 g/mol. The van der Waals surface area contributed by atoms with Crippen molar-refractivity contribution in [1.29, 1.82) is 0 Å². The highest BCUT2D eigenvalue weighted by Crippen LogP contribution is 1.81. The fraction of sp³-hybridized carbons (Fsp3) is 0.571. The third-order valence-corrected chi connectivity index (χ3v) is 1.26. The van der Waals surface area contributed by atoms with E-state index in [1.165, 1.54) is 27.7 Å². The van der Waals surface area contributed by atoms with Crippen LogP contribution in [0.3, 0.4) is 0 Å². The fourth-order valence-corrected chi connectivity index (χ4v) is 0. The molecular weight excluding hydrogens is 296 g/mol. The SMILES string of the molecule is C=C(C)C(=O)O.C=C(C)C(=O)O.CC(O)CO.CC(O)CO. The van der Waals surface area contributed by atoms with Crippen LogP contribution in [0.4, 0.5) is 0 Å². The Morgan fingerprint density at radius 2 is 0.909 bits per heavy atom. The molecule has 6 N–H and O–H groups in total. The number of hydrogen-bond donors (Lipinski definition) is 6. The molecule has 8 nitrogen and oxygen atoms in total. The van der Waals surface area contributed by atoms with Crippen molar-refractivity contribution >= 4 is 11.9 Å². The highest BCUT2D eigenvalue weighted by molar-refractivity contribution is 5.85. The molecule has 0 aromatic rings. The molecule has 0 amide bonds. The van der Waals surface area contributed by atoms with Crippen LogP contribution in [0.2, 0.25) is 0 Å². The molecule has 22 heavy (non-hydrogen) atoms. The van der Waals surface area contributed by atoms with Gasteiger partial charge in [0.25, 0.3) is 0 Å². The highest BCUT2D eigenvalue weighted by Gasteiger charge is 1.90. The minimum absolute atomic E-state index is 0.139. The van der Waals surface area contributed by atoms with Crippen molar-refractivity contribution in [2.45, 2.75) is 39.9 Å². The van der Waals surface area contributed by atoms with Gasteiger partial charge in [-0.15, -0.1) is 0 Å². The lowest BCUT2D eigenvalue weighted by molar-refractivity contribution is -0.133. The van der Waals surface area contributed by atoms with Crippen LogP contribution in [-0.2, 0) is 9.59 Å². The van der Waals surface area contributed by atoms with Gasteiger partial charge in [-0.1, -0.05) is 13.2 Å². The van der Waals surface area contributed by atoms with E-state index in [0.717, 1.165) is 0 Å². The van der Waals surface area contributed by atoms with Gasteiger partial charge in [-0.05, 0) is 27.7 Å². The zero-order valence-corrected chi connectivity index (χ0v) is 13.5. The second kappa shape index (κ2) is 19.3. The molecule has 0 radical (unpaired) electrons. The molecule has 2 unspecified atom stereocenters. The van der Waals surface area contributed by atoms with E-state index in [0.29, 0.717) is 0 Å². The molecule has 0 aliphatic carbocycles. The predicted octanol–water partition coefficient (Wildman–Crippen LogP) is 0.0132. The minimum atomic E-state index is -0.935. The predicted molar refractivity (Wildman–Crippen MR) is 82.4 cm³/mol. The van der Waals surface area contributed by atoms with E-state index in [1.807, 2.05) is 0 Å². The Balaban J connectivity index is -0.0000000986. The number of carboxylic acid groups (broad SMARTS) is 2. The van der Waals surface area contributed by atoms with Crippen LogP contribution < -0.4 is 0 Å². The zero-order valence-electron chi connectivity index (χ0n) is 13.5. The normalized spacial score (nSPS) is 10.9. The van der Waals surface area contributed by atoms with Crippen molar-refractivity contribution in [1.82, 2.24) is 0 Å². The van der Waals surface area contributed by atoms with Crippen LogP contribution in [-0.4, -0.2) is 68.0 Å². The van der Waals surface area contributed by atoms with Gasteiger partial charge in [-0.2, -0.15) is 0 Å². The molecule has 0 heterocycles. The average molecular weight is 324 g/mol. The Labute approximate surface area is 130 Å². The number of hydrogen-bond acceptors (Lipinski definition) is 6. The Hall–Kier alpha value is -1.74. The lowest BCUT2D eigenvalue weighted by Crippen LogP contribution is -2.03. The van der Waals surface area contributed by atoms with E-state index in [9.17, 15) is 9.59 Å². The summed E-state index contributed by atoms with van der Waals surface area (Å²) in [6.45, 7) is 12.0. The molecule has 0 saturated heterocycles. The van der Waals surface area contributed by atoms with Gasteiger partial charge in [-0.3, -0.25) is 0 Å². The summed E-state index contributed by atoms with van der Waals surface area (Å²) in [5.74, 6) is -1.87. The summed E-state index contributed by atoms with van der Waals surface area (Å²) < 4.78 is 0. The van der Waals surface area contributed by atoms with E-state index in [-0.39, 0.29) is 24.4 Å². The van der Waals surface area contributed by atoms with E-state index < -0.39 is 24.1 Å². The van der Waals surface area contributed by atoms with Crippen molar-refractivity contribution in [3.05, 3.63) is 24.3 Å². The second-order valence-corrected chi connectivity index (χ2v) is 4.23. The topological polar surface area (TPSA) is 156 Å². The summed E-state index contributed by atoms with van der Waals surface area (Å²) in [5.41, 5.74) is 0.352. The average Bonchev–Trinajstić information content (AvgIpc) is 2.40. The summed E-state index contributed by atoms with van der Waals surface area (Å²) in [6, 6.07) is 0. The molecule has 0 spiro atoms. The number of rotatable bonds is 4. The van der Waals surface area contributed by atoms with Gasteiger partial charge >= 0.3 is 11.9 Å². The highest BCUT2D eigenvalue weighted by atomic mass is 16.4. The molecule has 0 aliphatic heterocycles. The van der Waals surface area contributed by atoms with Crippen molar-refractivity contribution < 1.29 is 40.2 Å². The maximum atomic E-state index is 9.60. The van der Waals surface area contributed by atoms with Crippen LogP contribution >= 0.6 is 0 Å². The van der Waals surface area contributed by atoms with Gasteiger partial charge in [0.15, 0.2) is 0 Å². The van der Waals surface area contributed by atoms with E-state index in [1.54, 1.807) is 0 Å². The van der Waals surface area contributed by atoms with Gasteiger partial charge in [-0.25, -0.2) is 9.59 Å². The first kappa shape index (κ1) is 28.4. The number of aliphatic hydroxyl groups is 4. The molecule has 0 saturated carbocycles. The summed E-state index contributed by atoms with van der Waals surface area (Å²) in [5, 5.41) is 47.8. The van der Waals surface area contributed by atoms with E-state index in [4.69, 9.17) is 30.6 Å². The standard InChI is InChI=1S/2C4H6O2.2C3H8O2/c2*1-3(2)4(5)6;2*1-3(5)2-4/h2*1H2,2H3,(H,5,6);2*3-5H,2H2,1H3. The summed E-state index contributed by atoms with van der Waals surface area (Å²) >= 11 is 0. The number of carboxylic acids is 2. The van der Waals surface area contributed by atoms with Crippen LogP contribution in [0.15, 0.2) is 24.3 Å². The number of carbonyl (C=O) groups is 2. The van der Waals surface area contributed by atoms with Crippen molar-refractivity contribution in [3.63, 3.8) is 0 Å². The molecule has 0 rings (SSSR count). The van der Waals surface area contributed by atoms with Crippen LogP contribution in [0.25, 0.3) is 0 Å². The van der Waals surface area contributed by atoms with Crippen molar-refractivity contribution in [2.75, 3.05) is 13.2 Å². The van der Waals surface area contributed by atoms with Crippen molar-refractivity contribution in [3.8, 4) is 0 Å². The van der Waals surface area contributed by atoms with Gasteiger partial charge < -0.3 is 30.6 Å². The summed E-state index contributed by atoms with van der Waals surface area (Å²) in [6.07, 6.45) is -1.12. The third kappa shape index (κ3) is 51.7. The molecule has 0 bridgehead atoms. The molecule has 0 aliphatic rings. The molecule has 132 valence electrons. The first-order chi connectivity index (χ1) is 9.83. The maximum Gasteiger partial charge on any atom is 0.330 e. The minimum Gasteiger partial charge on any atom is -0.478 e. The zero-order chi connectivity index (χ0) is 18.9. The van der Waals surface area contributed by atoms with Gasteiger partial charge in [0, 0.05) is 11.1 Å². The largest absolute Gasteiger partial charge is 0.478 e. The molecule has 8 heteroatoms. The van der Waals surface area contributed by atoms with Gasteiger partial charge in [0.1, 0.15) is 0 Å². The third-order valence-electron chi connectivity index (χ3n) is 1.26. The second-order valence-electron chi connectivity index (χ2n) is 4.23. The van der Waals surface area contributed by atoms with Crippen LogP contribution in [0.5, 0.6) is 0 Å². The van der Waals surface area contributed by atoms with Crippen molar-refractivity contribution in [2.24, 2.45) is 0 Å². The Kier molecular flexibility index (Phi) is 24.9. The molecular formula is C14H28O8. The molecule has 2 atom stereocenters. The summed E-state index contributed by atoms with van der Waals surface area (Å²) in [7, 11) is 0. The Morgan fingerprint density at radius 1 is 0.818 bits per heavy atom. The molecule has 0 aromatic carbocycles. The first-order valence-corrected chi connectivity index (χ1v) is 6.18. The number of aliphatic carboxylic acids is 2. The van der Waals surface area contributed by atoms with Crippen LogP contribution in [0, 0.1) is 0 Å². The summed E-state index contributed by atoms with van der Waals surface area (Å²) in [4.78, 5) is 19.2. The van der Waals surface area contributed by atoms with E-state index in [2.05, 4.69) is 13.2 Å². The van der Waals surface area contributed by atoms with Gasteiger partial charge in [0.05, 0.1) is 25.4 Å². The Morgan fingerprint density at radius 3 is 0.909 bits per heavy atom.